The van der Waals surface area contributed by atoms with Crippen LogP contribution in [-0.4, -0.2) is 0 Å². The van der Waals surface area contributed by atoms with Gasteiger partial charge >= 0.3 is 0 Å². The zero-order chi connectivity index (χ0) is 14.5. The summed E-state index contributed by atoms with van der Waals surface area (Å²) >= 11 is 0. The molecule has 0 spiro atoms. The lowest BCUT2D eigenvalue weighted by Gasteiger charge is -1.99. The molecule has 0 amide bonds. The molecule has 0 saturated carbocycles. The van der Waals surface area contributed by atoms with Crippen LogP contribution in [0, 0.1) is 22.1 Å². The van der Waals surface area contributed by atoms with Crippen LogP contribution in [0.15, 0.2) is 0 Å². The van der Waals surface area contributed by atoms with Crippen molar-refractivity contribution in [2.24, 2.45) is 0 Å². The van der Waals surface area contributed by atoms with Gasteiger partial charge in [0.1, 0.15) is 22.1 Å². The van der Waals surface area contributed by atoms with Crippen LogP contribution in [0.5, 0.6) is 0 Å². The fourth-order valence-corrected chi connectivity index (χ4v) is 1.56. The second-order valence-electron chi connectivity index (χ2n) is 4.05. The normalized spacial score (nSPS) is 7.89. The summed E-state index contributed by atoms with van der Waals surface area (Å²) in [5.41, 5.74) is 22.0. The first kappa shape index (κ1) is 21.9. The zero-order valence-corrected chi connectivity index (χ0v) is 12.0. The maximum absolute atomic E-state index is 5.50. The Kier molecular flexibility index (Phi) is 35.9. The summed E-state index contributed by atoms with van der Waals surface area (Å²) in [5.74, 6) is 0. The van der Waals surface area contributed by atoms with Crippen LogP contribution >= 0.6 is 0 Å². The molecule has 0 saturated heterocycles. The molecule has 4 N–H and O–H groups in total. The van der Waals surface area contributed by atoms with Crippen molar-refractivity contribution in [2.45, 2.75) is 78.1 Å². The second kappa shape index (κ2) is 29.6. The van der Waals surface area contributed by atoms with Gasteiger partial charge in [0.2, 0.25) is 9.82 Å². The van der Waals surface area contributed by atoms with E-state index in [4.69, 9.17) is 22.1 Å². The van der Waals surface area contributed by atoms with Crippen LogP contribution in [0.25, 0.3) is 0 Å². The standard InChI is InChI=1S/C12H26.2H2N3/c1-3-5-7-9-11-12-10-8-6-4-2;2*1-3-2/h3-12H2,1-2H3;2*1-2H/q;2*+1. The first-order valence-electron chi connectivity index (χ1n) is 6.81. The van der Waals surface area contributed by atoms with Gasteiger partial charge in [0.25, 0.3) is 0 Å². The van der Waals surface area contributed by atoms with Gasteiger partial charge in [-0.1, -0.05) is 78.1 Å². The maximum Gasteiger partial charge on any atom is 0.211 e. The third kappa shape index (κ3) is 46.7. The first-order chi connectivity index (χ1) is 8.74. The number of rotatable bonds is 9. The van der Waals surface area contributed by atoms with Gasteiger partial charge in [-0.3, -0.25) is 0 Å². The number of unbranched alkanes of at least 4 members (excludes halogenated alkanes) is 9. The molecule has 0 aromatic heterocycles. The lowest BCUT2D eigenvalue weighted by atomic mass is 10.1. The van der Waals surface area contributed by atoms with Gasteiger partial charge in [0.05, 0.1) is 0 Å². The molecule has 0 rings (SSSR count). The highest BCUT2D eigenvalue weighted by molar-refractivity contribution is 4.45. The first-order valence-corrected chi connectivity index (χ1v) is 6.81. The van der Waals surface area contributed by atoms with Crippen LogP contribution in [0.2, 0.25) is 0 Å². The van der Waals surface area contributed by atoms with Gasteiger partial charge in [-0.15, -0.1) is 0 Å². The zero-order valence-electron chi connectivity index (χ0n) is 12.0. The highest BCUT2D eigenvalue weighted by Gasteiger charge is 1.90. The number of nitrogens with zero attached hydrogens (tertiary/aromatic N) is 2. The van der Waals surface area contributed by atoms with Gasteiger partial charge in [-0.2, -0.15) is 0 Å². The molecule has 6 heteroatoms. The molecule has 6 nitrogen and oxygen atoms in total. The van der Waals surface area contributed by atoms with E-state index in [9.17, 15) is 0 Å². The van der Waals surface area contributed by atoms with Gasteiger partial charge in [-0.25, -0.2) is 0 Å². The fourth-order valence-electron chi connectivity index (χ4n) is 1.56. The molecule has 0 aliphatic rings. The van der Waals surface area contributed by atoms with Crippen LogP contribution in [0.3, 0.4) is 0 Å². The van der Waals surface area contributed by atoms with E-state index in [1.54, 1.807) is 0 Å². The van der Waals surface area contributed by atoms with Crippen molar-refractivity contribution in [1.29, 1.82) is 22.1 Å². The van der Waals surface area contributed by atoms with E-state index in [-0.39, 0.29) is 0 Å². The van der Waals surface area contributed by atoms with Crippen molar-refractivity contribution in [2.75, 3.05) is 0 Å². The van der Waals surface area contributed by atoms with Crippen LogP contribution in [-0.2, 0) is 0 Å². The molecule has 0 heterocycles. The Bertz CT molecular complexity index is 171. The summed E-state index contributed by atoms with van der Waals surface area (Å²) in [7, 11) is 0. The summed E-state index contributed by atoms with van der Waals surface area (Å²) < 4.78 is 0. The van der Waals surface area contributed by atoms with E-state index < -0.39 is 0 Å². The molecule has 0 radical (unpaired) electrons. The number of nitrogens with one attached hydrogen (secondary N) is 4. The third-order valence-electron chi connectivity index (χ3n) is 2.46. The van der Waals surface area contributed by atoms with E-state index in [0.29, 0.717) is 0 Å². The van der Waals surface area contributed by atoms with Crippen molar-refractivity contribution >= 4 is 0 Å². The molecule has 0 aromatic rings. The molecule has 0 aliphatic heterocycles. The minimum atomic E-state index is 1.37. The Hall–Kier alpha value is -1.38. The quantitative estimate of drug-likeness (QED) is 0.248. The topological polar surface area (TPSA) is 124 Å². The molecule has 0 atom stereocenters. The van der Waals surface area contributed by atoms with Crippen molar-refractivity contribution < 1.29 is 0 Å². The lowest BCUT2D eigenvalue weighted by Crippen LogP contribution is -1.80. The van der Waals surface area contributed by atoms with Crippen LogP contribution in [0.1, 0.15) is 78.1 Å². The average Bonchev–Trinajstić information content (AvgIpc) is 2.35. The predicted molar refractivity (Wildman–Crippen MR) is 72.7 cm³/mol. The van der Waals surface area contributed by atoms with Gasteiger partial charge < -0.3 is 0 Å². The smallest absolute Gasteiger partial charge is 0.0654 e. The highest BCUT2D eigenvalue weighted by Crippen LogP contribution is 2.09. The molecular weight excluding hydrogens is 228 g/mol. The van der Waals surface area contributed by atoms with E-state index in [1.165, 1.54) is 64.2 Å². The third-order valence-corrected chi connectivity index (χ3v) is 2.46. The van der Waals surface area contributed by atoms with Gasteiger partial charge in [0, 0.05) is 0 Å². The molecule has 18 heavy (non-hydrogen) atoms. The number of hydrogen-bond donors (Lipinski definition) is 4. The van der Waals surface area contributed by atoms with Crippen LogP contribution < -0.4 is 9.82 Å². The largest absolute Gasteiger partial charge is 0.211 e. The molecule has 0 fully saturated rings. The van der Waals surface area contributed by atoms with Gasteiger partial charge in [0.15, 0.2) is 0 Å². The molecule has 0 bridgehead atoms. The Labute approximate surface area is 111 Å². The minimum Gasteiger partial charge on any atom is -0.0654 e. The van der Waals surface area contributed by atoms with E-state index >= 15 is 0 Å². The van der Waals surface area contributed by atoms with Crippen molar-refractivity contribution in [3.63, 3.8) is 0 Å². The SMILES string of the molecule is CCCCCCCCCCCC.N=[N+]=N.N=[N+]=N. The fraction of sp³-hybridized carbons (Fsp3) is 1.00. The molecule has 106 valence electrons. The van der Waals surface area contributed by atoms with Crippen molar-refractivity contribution in [1.82, 2.24) is 9.82 Å². The Balaban J connectivity index is -0.000000315. The Morgan fingerprint density at radius 2 is 0.667 bits per heavy atom. The maximum atomic E-state index is 5.50. The summed E-state index contributed by atoms with van der Waals surface area (Å²) in [5, 5.41) is 0. The van der Waals surface area contributed by atoms with E-state index in [0.717, 1.165) is 0 Å². The Morgan fingerprint density at radius 3 is 0.833 bits per heavy atom. The Morgan fingerprint density at radius 1 is 0.500 bits per heavy atom. The van der Waals surface area contributed by atoms with Gasteiger partial charge in [-0.05, 0) is 0 Å². The monoisotopic (exact) mass is 258 g/mol. The minimum absolute atomic E-state index is 1.37. The van der Waals surface area contributed by atoms with Crippen molar-refractivity contribution in [3.05, 3.63) is 0 Å². The molecule has 0 aromatic carbocycles. The molecule has 0 unspecified atom stereocenters. The number of hydrogen-bond acceptors (Lipinski definition) is 4. The van der Waals surface area contributed by atoms with Crippen molar-refractivity contribution in [3.8, 4) is 0 Å². The van der Waals surface area contributed by atoms with Crippen LogP contribution in [0.4, 0.5) is 0 Å². The summed E-state index contributed by atoms with van der Waals surface area (Å²) in [4.78, 5) is 4.00. The average molecular weight is 258 g/mol. The van der Waals surface area contributed by atoms with E-state index in [2.05, 4.69) is 13.8 Å². The molecule has 0 aliphatic carbocycles. The summed E-state index contributed by atoms with van der Waals surface area (Å²) in [6, 6.07) is 0. The molecular formula is C12H30N6+2. The second-order valence-corrected chi connectivity index (χ2v) is 4.05. The predicted octanol–water partition coefficient (Wildman–Crippen LogP) is 5.16. The van der Waals surface area contributed by atoms with E-state index in [1.807, 2.05) is 9.82 Å². The summed E-state index contributed by atoms with van der Waals surface area (Å²) in [6.45, 7) is 4.56. The summed E-state index contributed by atoms with van der Waals surface area (Å²) in [6.07, 6.45) is 14.4. The lowest BCUT2D eigenvalue weighted by molar-refractivity contribution is 0.562. The highest BCUT2D eigenvalue weighted by atomic mass is 15.0.